The molecule has 1 atom stereocenters. The van der Waals surface area contributed by atoms with Crippen molar-refractivity contribution in [2.75, 3.05) is 0 Å². The molecule has 0 aromatic heterocycles. The third kappa shape index (κ3) is 3.55. The fraction of sp³-hybridized carbons (Fsp3) is 0.118. The minimum atomic E-state index is -0.808. The molecule has 0 saturated heterocycles. The molecule has 96 valence electrons. The lowest BCUT2D eigenvalue weighted by molar-refractivity contribution is -0.139. The van der Waals surface area contributed by atoms with E-state index in [4.69, 9.17) is 5.11 Å². The van der Waals surface area contributed by atoms with Crippen LogP contribution in [-0.2, 0) is 4.79 Å². The first-order valence-corrected chi connectivity index (χ1v) is 6.23. The molecule has 0 heterocycles. The molecule has 0 amide bonds. The van der Waals surface area contributed by atoms with Crippen LogP contribution < -0.4 is 0 Å². The fourth-order valence-electron chi connectivity index (χ4n) is 1.76. The zero-order valence-electron chi connectivity index (χ0n) is 10.8. The predicted molar refractivity (Wildman–Crippen MR) is 77.7 cm³/mol. The van der Waals surface area contributed by atoms with Crippen LogP contribution in [-0.4, -0.2) is 11.1 Å². The molecule has 19 heavy (non-hydrogen) atoms. The number of hydrogen-bond donors (Lipinski definition) is 1. The van der Waals surface area contributed by atoms with Crippen molar-refractivity contribution in [3.05, 3.63) is 66.2 Å². The van der Waals surface area contributed by atoms with Gasteiger partial charge in [-0.1, -0.05) is 66.7 Å². The molecule has 0 bridgehead atoms. The minimum absolute atomic E-state index is 0.464. The van der Waals surface area contributed by atoms with Gasteiger partial charge in [-0.3, -0.25) is 4.79 Å². The lowest BCUT2D eigenvalue weighted by Gasteiger charge is -2.02. The Hall–Kier alpha value is -2.35. The van der Waals surface area contributed by atoms with Gasteiger partial charge in [-0.15, -0.1) is 0 Å². The first-order valence-electron chi connectivity index (χ1n) is 6.23. The number of rotatable bonds is 4. The molecule has 2 heteroatoms. The summed E-state index contributed by atoms with van der Waals surface area (Å²) < 4.78 is 0. The molecule has 2 rings (SSSR count). The Morgan fingerprint density at radius 1 is 1.00 bits per heavy atom. The van der Waals surface area contributed by atoms with E-state index < -0.39 is 11.9 Å². The number of carbonyl (C=O) groups is 1. The summed E-state index contributed by atoms with van der Waals surface area (Å²) in [5.41, 5.74) is 3.34. The Morgan fingerprint density at radius 3 is 2.16 bits per heavy atom. The molecule has 1 unspecified atom stereocenters. The van der Waals surface area contributed by atoms with Crippen LogP contribution in [0.25, 0.3) is 17.2 Å². The number of hydrogen-bond acceptors (Lipinski definition) is 1. The largest absolute Gasteiger partial charge is 0.481 e. The summed E-state index contributed by atoms with van der Waals surface area (Å²) >= 11 is 0. The molecule has 0 aliphatic rings. The van der Waals surface area contributed by atoms with Gasteiger partial charge in [0.2, 0.25) is 0 Å². The molecule has 1 N–H and O–H groups in total. The standard InChI is InChI=1S/C17H16O2/c1-13(17(18)19)7-8-14-9-11-16(12-10-14)15-5-3-2-4-6-15/h2-13H,1H3,(H,18,19)/b8-7+. The highest BCUT2D eigenvalue weighted by Crippen LogP contribution is 2.19. The van der Waals surface area contributed by atoms with E-state index in [1.807, 2.05) is 48.5 Å². The Morgan fingerprint density at radius 2 is 1.58 bits per heavy atom. The van der Waals surface area contributed by atoms with Crippen LogP contribution in [0.4, 0.5) is 0 Å². The van der Waals surface area contributed by atoms with Crippen LogP contribution in [0.2, 0.25) is 0 Å². The summed E-state index contributed by atoms with van der Waals surface area (Å²) in [6, 6.07) is 18.2. The fourth-order valence-corrected chi connectivity index (χ4v) is 1.76. The van der Waals surface area contributed by atoms with E-state index in [1.165, 1.54) is 5.56 Å². The zero-order chi connectivity index (χ0) is 13.7. The van der Waals surface area contributed by atoms with Crippen molar-refractivity contribution >= 4 is 12.0 Å². The van der Waals surface area contributed by atoms with Crippen molar-refractivity contribution in [3.63, 3.8) is 0 Å². The van der Waals surface area contributed by atoms with Gasteiger partial charge in [0.25, 0.3) is 0 Å². The quantitative estimate of drug-likeness (QED) is 0.890. The summed E-state index contributed by atoms with van der Waals surface area (Å²) in [6.07, 6.45) is 3.54. The van der Waals surface area contributed by atoms with Crippen LogP contribution in [0.5, 0.6) is 0 Å². The average molecular weight is 252 g/mol. The van der Waals surface area contributed by atoms with Crippen LogP contribution in [0.3, 0.4) is 0 Å². The van der Waals surface area contributed by atoms with Crippen LogP contribution in [0.1, 0.15) is 12.5 Å². The summed E-state index contributed by atoms with van der Waals surface area (Å²) in [5.74, 6) is -1.27. The molecular weight excluding hydrogens is 236 g/mol. The minimum Gasteiger partial charge on any atom is -0.481 e. The molecule has 2 aromatic carbocycles. The second kappa shape index (κ2) is 6.01. The smallest absolute Gasteiger partial charge is 0.310 e. The lowest BCUT2D eigenvalue weighted by atomic mass is 10.0. The molecule has 0 aliphatic heterocycles. The summed E-state index contributed by atoms with van der Waals surface area (Å²) in [6.45, 7) is 1.66. The average Bonchev–Trinajstić information content (AvgIpc) is 2.46. The lowest BCUT2D eigenvalue weighted by Crippen LogP contribution is -2.05. The van der Waals surface area contributed by atoms with Gasteiger partial charge >= 0.3 is 5.97 Å². The summed E-state index contributed by atoms with van der Waals surface area (Å²) in [4.78, 5) is 10.7. The third-order valence-electron chi connectivity index (χ3n) is 2.98. The Bertz CT molecular complexity index is 568. The van der Waals surface area contributed by atoms with Crippen molar-refractivity contribution in [1.29, 1.82) is 0 Å². The molecule has 0 aliphatic carbocycles. The SMILES string of the molecule is CC(/C=C/c1ccc(-c2ccccc2)cc1)C(=O)O. The van der Waals surface area contributed by atoms with E-state index in [-0.39, 0.29) is 0 Å². The molecular formula is C17H16O2. The van der Waals surface area contributed by atoms with Gasteiger partial charge in [0, 0.05) is 0 Å². The molecule has 2 aromatic rings. The first-order chi connectivity index (χ1) is 9.16. The van der Waals surface area contributed by atoms with Crippen molar-refractivity contribution in [3.8, 4) is 11.1 Å². The van der Waals surface area contributed by atoms with Crippen molar-refractivity contribution in [2.45, 2.75) is 6.92 Å². The van der Waals surface area contributed by atoms with Crippen LogP contribution in [0.15, 0.2) is 60.7 Å². The maximum Gasteiger partial charge on any atom is 0.310 e. The van der Waals surface area contributed by atoms with Crippen LogP contribution >= 0.6 is 0 Å². The highest BCUT2D eigenvalue weighted by Gasteiger charge is 2.05. The molecule has 0 spiro atoms. The second-order valence-electron chi connectivity index (χ2n) is 4.47. The van der Waals surface area contributed by atoms with Gasteiger partial charge in [-0.05, 0) is 23.6 Å². The number of aliphatic carboxylic acids is 1. The summed E-state index contributed by atoms with van der Waals surface area (Å²) in [7, 11) is 0. The maximum absolute atomic E-state index is 10.7. The highest BCUT2D eigenvalue weighted by molar-refractivity contribution is 5.73. The van der Waals surface area contributed by atoms with E-state index >= 15 is 0 Å². The zero-order valence-corrected chi connectivity index (χ0v) is 10.8. The van der Waals surface area contributed by atoms with E-state index in [2.05, 4.69) is 12.1 Å². The second-order valence-corrected chi connectivity index (χ2v) is 4.47. The van der Waals surface area contributed by atoms with Gasteiger partial charge < -0.3 is 5.11 Å². The number of carboxylic acids is 1. The Kier molecular flexibility index (Phi) is 4.14. The Labute approximate surface area is 113 Å². The van der Waals surface area contributed by atoms with Gasteiger partial charge in [0.1, 0.15) is 0 Å². The van der Waals surface area contributed by atoms with Crippen molar-refractivity contribution in [1.82, 2.24) is 0 Å². The third-order valence-corrected chi connectivity index (χ3v) is 2.98. The summed E-state index contributed by atoms with van der Waals surface area (Å²) in [5, 5.41) is 8.80. The number of benzene rings is 2. The first kappa shape index (κ1) is 13.1. The Balaban J connectivity index is 2.13. The van der Waals surface area contributed by atoms with Crippen molar-refractivity contribution < 1.29 is 9.90 Å². The predicted octanol–water partition coefficient (Wildman–Crippen LogP) is 4.09. The maximum atomic E-state index is 10.7. The van der Waals surface area contributed by atoms with Gasteiger partial charge in [0.05, 0.1) is 5.92 Å². The van der Waals surface area contributed by atoms with E-state index in [1.54, 1.807) is 13.0 Å². The van der Waals surface area contributed by atoms with Gasteiger partial charge in [0.15, 0.2) is 0 Å². The van der Waals surface area contributed by atoms with Gasteiger partial charge in [-0.25, -0.2) is 0 Å². The topological polar surface area (TPSA) is 37.3 Å². The normalized spacial score (nSPS) is 12.5. The van der Waals surface area contributed by atoms with E-state index in [0.29, 0.717) is 0 Å². The van der Waals surface area contributed by atoms with E-state index in [0.717, 1.165) is 11.1 Å². The number of carboxylic acid groups (broad SMARTS) is 1. The molecule has 0 fully saturated rings. The molecule has 0 saturated carbocycles. The van der Waals surface area contributed by atoms with Crippen molar-refractivity contribution in [2.24, 2.45) is 5.92 Å². The molecule has 2 nitrogen and oxygen atoms in total. The van der Waals surface area contributed by atoms with E-state index in [9.17, 15) is 4.79 Å². The monoisotopic (exact) mass is 252 g/mol. The highest BCUT2D eigenvalue weighted by atomic mass is 16.4. The van der Waals surface area contributed by atoms with Gasteiger partial charge in [-0.2, -0.15) is 0 Å². The van der Waals surface area contributed by atoms with Crippen LogP contribution in [0, 0.1) is 5.92 Å². The molecule has 0 radical (unpaired) electrons.